The van der Waals surface area contributed by atoms with E-state index in [0.717, 1.165) is 25.4 Å². The second kappa shape index (κ2) is 24.7. The van der Waals surface area contributed by atoms with E-state index in [9.17, 15) is 4.79 Å². The third kappa shape index (κ3) is 25.4. The second-order valence-corrected chi connectivity index (χ2v) is 9.10. The predicted octanol–water partition coefficient (Wildman–Crippen LogP) is 7.05. The number of carbonyl (C=O) groups is 1. The van der Waals surface area contributed by atoms with Gasteiger partial charge in [0.25, 0.3) is 0 Å². The van der Waals surface area contributed by atoms with E-state index < -0.39 is 0 Å². The summed E-state index contributed by atoms with van der Waals surface area (Å²) in [5.74, 6) is 0.993. The smallest absolute Gasteiger partial charge is 0.220 e. The topological polar surface area (TPSA) is 47.6 Å². The first-order valence-corrected chi connectivity index (χ1v) is 13.1. The molecule has 0 aromatic carbocycles. The summed E-state index contributed by atoms with van der Waals surface area (Å²) in [6.45, 7) is 10.1. The first kappa shape index (κ1) is 29.4. The minimum atomic E-state index is 0.158. The molecule has 1 amide bonds. The van der Waals surface area contributed by atoms with Gasteiger partial charge in [-0.25, -0.2) is 0 Å². The first-order chi connectivity index (χ1) is 14.7. The van der Waals surface area contributed by atoms with Crippen molar-refractivity contribution in [3.05, 3.63) is 0 Å². The zero-order chi connectivity index (χ0) is 22.1. The molecule has 0 fully saturated rings. The zero-order valence-corrected chi connectivity index (χ0v) is 20.7. The van der Waals surface area contributed by atoms with E-state index in [2.05, 4.69) is 26.1 Å². The Morgan fingerprint density at radius 2 is 1.20 bits per heavy atom. The summed E-state index contributed by atoms with van der Waals surface area (Å²) in [6.07, 6.45) is 20.0. The van der Waals surface area contributed by atoms with Crippen molar-refractivity contribution in [2.24, 2.45) is 5.92 Å². The highest BCUT2D eigenvalue weighted by atomic mass is 16.5. The molecule has 0 spiro atoms. The van der Waals surface area contributed by atoms with E-state index >= 15 is 0 Å². The molecule has 0 bridgehead atoms. The molecule has 0 saturated heterocycles. The lowest BCUT2D eigenvalue weighted by atomic mass is 10.0. The van der Waals surface area contributed by atoms with Gasteiger partial charge in [0.2, 0.25) is 5.91 Å². The standard InChI is InChI=1S/C26H53NO3/c1-4-5-6-7-11-14-17-21-29-23-24-30-22-20-27-26(28)19-16-13-10-8-9-12-15-18-25(2)3/h25H,4-24H2,1-3H3,(H,27,28). The summed E-state index contributed by atoms with van der Waals surface area (Å²) in [5.41, 5.74) is 0. The Bertz CT molecular complexity index is 347. The van der Waals surface area contributed by atoms with E-state index in [-0.39, 0.29) is 5.91 Å². The zero-order valence-electron chi connectivity index (χ0n) is 20.7. The number of hydrogen-bond acceptors (Lipinski definition) is 3. The molecule has 4 heteroatoms. The van der Waals surface area contributed by atoms with Gasteiger partial charge in [-0.1, -0.05) is 104 Å². The quantitative estimate of drug-likeness (QED) is 0.168. The van der Waals surface area contributed by atoms with Crippen LogP contribution in [-0.4, -0.2) is 38.9 Å². The second-order valence-electron chi connectivity index (χ2n) is 9.10. The molecule has 0 aliphatic carbocycles. The summed E-state index contributed by atoms with van der Waals surface area (Å²) in [5, 5.41) is 2.95. The maximum Gasteiger partial charge on any atom is 0.220 e. The Hall–Kier alpha value is -0.610. The SMILES string of the molecule is CCCCCCCCCOCCOCCNC(=O)CCCCCCCCCC(C)C. The Balaban J connectivity index is 3.15. The van der Waals surface area contributed by atoms with Gasteiger partial charge in [-0.3, -0.25) is 4.79 Å². The van der Waals surface area contributed by atoms with Gasteiger partial charge in [-0.05, 0) is 18.8 Å². The van der Waals surface area contributed by atoms with Gasteiger partial charge in [0.05, 0.1) is 19.8 Å². The Morgan fingerprint density at radius 3 is 1.83 bits per heavy atom. The predicted molar refractivity (Wildman–Crippen MR) is 129 cm³/mol. The van der Waals surface area contributed by atoms with Crippen LogP contribution in [0.1, 0.15) is 124 Å². The number of hydrogen-bond donors (Lipinski definition) is 1. The molecule has 0 aromatic rings. The Kier molecular flexibility index (Phi) is 24.2. The van der Waals surface area contributed by atoms with E-state index in [0.29, 0.717) is 32.8 Å². The van der Waals surface area contributed by atoms with Crippen molar-refractivity contribution in [3.63, 3.8) is 0 Å². The normalized spacial score (nSPS) is 11.3. The Labute approximate surface area is 188 Å². The molecule has 0 aliphatic rings. The van der Waals surface area contributed by atoms with Crippen LogP contribution in [0.3, 0.4) is 0 Å². The van der Waals surface area contributed by atoms with Crippen molar-refractivity contribution in [1.29, 1.82) is 0 Å². The average Bonchev–Trinajstić information content (AvgIpc) is 2.72. The van der Waals surface area contributed by atoms with Gasteiger partial charge in [0.1, 0.15) is 0 Å². The fraction of sp³-hybridized carbons (Fsp3) is 0.962. The van der Waals surface area contributed by atoms with Crippen LogP contribution in [0.15, 0.2) is 0 Å². The average molecular weight is 428 g/mol. The lowest BCUT2D eigenvalue weighted by Crippen LogP contribution is -2.27. The Morgan fingerprint density at radius 1 is 0.667 bits per heavy atom. The maximum absolute atomic E-state index is 11.8. The highest BCUT2D eigenvalue weighted by Gasteiger charge is 2.01. The van der Waals surface area contributed by atoms with Crippen molar-refractivity contribution >= 4 is 5.91 Å². The molecular formula is C26H53NO3. The summed E-state index contributed by atoms with van der Waals surface area (Å²) >= 11 is 0. The molecule has 0 radical (unpaired) electrons. The van der Waals surface area contributed by atoms with Crippen LogP contribution in [0.25, 0.3) is 0 Å². The van der Waals surface area contributed by atoms with Gasteiger partial charge in [0, 0.05) is 19.6 Å². The van der Waals surface area contributed by atoms with Crippen LogP contribution < -0.4 is 5.32 Å². The number of ether oxygens (including phenoxy) is 2. The lowest BCUT2D eigenvalue weighted by Gasteiger charge is -2.08. The third-order valence-corrected chi connectivity index (χ3v) is 5.52. The van der Waals surface area contributed by atoms with E-state index in [4.69, 9.17) is 9.47 Å². The summed E-state index contributed by atoms with van der Waals surface area (Å²) < 4.78 is 11.1. The van der Waals surface area contributed by atoms with Crippen molar-refractivity contribution in [3.8, 4) is 0 Å². The van der Waals surface area contributed by atoms with Crippen LogP contribution in [-0.2, 0) is 14.3 Å². The van der Waals surface area contributed by atoms with Crippen molar-refractivity contribution in [2.45, 2.75) is 124 Å². The first-order valence-electron chi connectivity index (χ1n) is 13.1. The highest BCUT2D eigenvalue weighted by molar-refractivity contribution is 5.75. The fourth-order valence-corrected chi connectivity index (χ4v) is 3.56. The van der Waals surface area contributed by atoms with Gasteiger partial charge in [-0.2, -0.15) is 0 Å². The van der Waals surface area contributed by atoms with Crippen molar-refractivity contribution in [2.75, 3.05) is 33.0 Å². The largest absolute Gasteiger partial charge is 0.379 e. The number of carbonyl (C=O) groups excluding carboxylic acids is 1. The van der Waals surface area contributed by atoms with Gasteiger partial charge < -0.3 is 14.8 Å². The molecule has 180 valence electrons. The molecular weight excluding hydrogens is 374 g/mol. The summed E-state index contributed by atoms with van der Waals surface area (Å²) in [6, 6.07) is 0. The number of rotatable bonds is 24. The third-order valence-electron chi connectivity index (χ3n) is 5.52. The monoisotopic (exact) mass is 427 g/mol. The number of nitrogens with one attached hydrogen (secondary N) is 1. The summed E-state index contributed by atoms with van der Waals surface area (Å²) in [7, 11) is 0. The van der Waals surface area contributed by atoms with Crippen molar-refractivity contribution in [1.82, 2.24) is 5.32 Å². The van der Waals surface area contributed by atoms with Crippen LogP contribution in [0.4, 0.5) is 0 Å². The van der Waals surface area contributed by atoms with Gasteiger partial charge >= 0.3 is 0 Å². The number of amides is 1. The lowest BCUT2D eigenvalue weighted by molar-refractivity contribution is -0.121. The molecule has 4 nitrogen and oxygen atoms in total. The van der Waals surface area contributed by atoms with Gasteiger partial charge in [-0.15, -0.1) is 0 Å². The van der Waals surface area contributed by atoms with Crippen LogP contribution >= 0.6 is 0 Å². The fourth-order valence-electron chi connectivity index (χ4n) is 3.56. The van der Waals surface area contributed by atoms with Gasteiger partial charge in [0.15, 0.2) is 0 Å². The highest BCUT2D eigenvalue weighted by Crippen LogP contribution is 2.12. The molecule has 0 atom stereocenters. The number of unbranched alkanes of at least 4 members (excludes halogenated alkanes) is 12. The molecule has 0 unspecified atom stereocenters. The molecule has 0 saturated carbocycles. The van der Waals surface area contributed by atoms with Crippen LogP contribution in [0.5, 0.6) is 0 Å². The molecule has 0 rings (SSSR count). The minimum Gasteiger partial charge on any atom is -0.379 e. The maximum atomic E-state index is 11.8. The van der Waals surface area contributed by atoms with E-state index in [1.165, 1.54) is 83.5 Å². The van der Waals surface area contributed by atoms with E-state index in [1.807, 2.05) is 0 Å². The van der Waals surface area contributed by atoms with Crippen LogP contribution in [0.2, 0.25) is 0 Å². The molecule has 1 N–H and O–H groups in total. The molecule has 30 heavy (non-hydrogen) atoms. The van der Waals surface area contributed by atoms with Crippen molar-refractivity contribution < 1.29 is 14.3 Å². The molecule has 0 aromatic heterocycles. The summed E-state index contributed by atoms with van der Waals surface area (Å²) in [4.78, 5) is 11.8. The van der Waals surface area contributed by atoms with Crippen LogP contribution in [0, 0.1) is 5.92 Å². The van der Waals surface area contributed by atoms with E-state index in [1.54, 1.807) is 0 Å². The minimum absolute atomic E-state index is 0.158. The molecule has 0 aliphatic heterocycles. The molecule has 0 heterocycles.